The van der Waals surface area contributed by atoms with Gasteiger partial charge in [-0.25, -0.2) is 0 Å². The lowest BCUT2D eigenvalue weighted by atomic mass is 9.91. The standard InChI is InChI=1S/C17H24INO3/c1-4-15(18)22-14-7-5-13(6-8-14)16(20)17(2,3)19-9-11-21-12-10-19/h5-8,15H,4,9-12H2,1-3H3. The van der Waals surface area contributed by atoms with Crippen LogP contribution in [0.3, 0.4) is 0 Å². The molecular formula is C17H24INO3. The van der Waals surface area contributed by atoms with Crippen molar-refractivity contribution < 1.29 is 14.3 Å². The predicted molar refractivity (Wildman–Crippen MR) is 96.0 cm³/mol. The van der Waals surface area contributed by atoms with Crippen molar-refractivity contribution >= 4 is 28.4 Å². The first-order chi connectivity index (χ1) is 10.4. The number of Topliss-reactive ketones (excluding diaryl/α,β-unsaturated/α-hetero) is 1. The van der Waals surface area contributed by atoms with E-state index < -0.39 is 5.54 Å². The largest absolute Gasteiger partial charge is 0.480 e. The number of ketones is 1. The van der Waals surface area contributed by atoms with Crippen molar-refractivity contribution in [2.75, 3.05) is 26.3 Å². The van der Waals surface area contributed by atoms with E-state index in [1.54, 1.807) is 0 Å². The molecule has 0 N–H and O–H groups in total. The number of benzene rings is 1. The van der Waals surface area contributed by atoms with E-state index >= 15 is 0 Å². The Bertz CT molecular complexity index is 495. The molecule has 122 valence electrons. The van der Waals surface area contributed by atoms with Gasteiger partial charge in [0.2, 0.25) is 0 Å². The molecular weight excluding hydrogens is 393 g/mol. The fourth-order valence-electron chi connectivity index (χ4n) is 2.54. The smallest absolute Gasteiger partial charge is 0.182 e. The number of hydrogen-bond acceptors (Lipinski definition) is 4. The molecule has 2 rings (SSSR count). The molecule has 1 saturated heterocycles. The van der Waals surface area contributed by atoms with Crippen molar-refractivity contribution in [2.45, 2.75) is 36.8 Å². The quantitative estimate of drug-likeness (QED) is 0.403. The zero-order valence-electron chi connectivity index (χ0n) is 13.5. The molecule has 1 aliphatic rings. The fraction of sp³-hybridized carbons (Fsp3) is 0.588. The summed E-state index contributed by atoms with van der Waals surface area (Å²) in [4.78, 5) is 15.0. The van der Waals surface area contributed by atoms with E-state index in [-0.39, 0.29) is 9.89 Å². The Labute approximate surface area is 146 Å². The Kier molecular flexibility index (Phi) is 6.23. The van der Waals surface area contributed by atoms with Gasteiger partial charge >= 0.3 is 0 Å². The maximum absolute atomic E-state index is 12.8. The van der Waals surface area contributed by atoms with Crippen LogP contribution in [0.15, 0.2) is 24.3 Å². The Morgan fingerprint density at radius 1 is 1.32 bits per heavy atom. The molecule has 22 heavy (non-hydrogen) atoms. The van der Waals surface area contributed by atoms with Crippen LogP contribution in [0, 0.1) is 0 Å². The number of alkyl halides is 1. The summed E-state index contributed by atoms with van der Waals surface area (Å²) in [7, 11) is 0. The average Bonchev–Trinajstić information content (AvgIpc) is 2.55. The predicted octanol–water partition coefficient (Wildman–Crippen LogP) is 3.53. The molecule has 0 saturated carbocycles. The van der Waals surface area contributed by atoms with Gasteiger partial charge in [-0.2, -0.15) is 0 Å². The molecule has 4 nitrogen and oxygen atoms in total. The summed E-state index contributed by atoms with van der Waals surface area (Å²) in [5.74, 6) is 0.949. The third-order valence-electron chi connectivity index (χ3n) is 4.06. The highest BCUT2D eigenvalue weighted by Gasteiger charge is 2.35. The average molecular weight is 417 g/mol. The molecule has 1 heterocycles. The summed E-state index contributed by atoms with van der Waals surface area (Å²) in [5.41, 5.74) is 0.215. The van der Waals surface area contributed by atoms with Crippen molar-refractivity contribution in [2.24, 2.45) is 0 Å². The summed E-state index contributed by atoms with van der Waals surface area (Å²) in [6.07, 6.45) is 0.950. The molecule has 0 aliphatic carbocycles. The molecule has 5 heteroatoms. The van der Waals surface area contributed by atoms with Crippen LogP contribution >= 0.6 is 22.6 Å². The Morgan fingerprint density at radius 2 is 1.91 bits per heavy atom. The number of morpholine rings is 1. The minimum atomic E-state index is -0.513. The minimum absolute atomic E-state index is 0.141. The molecule has 1 fully saturated rings. The highest BCUT2D eigenvalue weighted by Crippen LogP contribution is 2.24. The number of carbonyl (C=O) groups excluding carboxylic acids is 1. The normalized spacial score (nSPS) is 18.0. The topological polar surface area (TPSA) is 38.8 Å². The van der Waals surface area contributed by atoms with Crippen LogP contribution in [0.2, 0.25) is 0 Å². The maximum atomic E-state index is 12.8. The number of hydrogen-bond donors (Lipinski definition) is 0. The van der Waals surface area contributed by atoms with Crippen LogP contribution in [0.25, 0.3) is 0 Å². The van der Waals surface area contributed by atoms with E-state index in [0.29, 0.717) is 13.2 Å². The fourth-order valence-corrected chi connectivity index (χ4v) is 2.83. The van der Waals surface area contributed by atoms with Crippen molar-refractivity contribution in [3.05, 3.63) is 29.8 Å². The zero-order chi connectivity index (χ0) is 16.2. The van der Waals surface area contributed by atoms with Crippen molar-refractivity contribution in [1.29, 1.82) is 0 Å². The number of ether oxygens (including phenoxy) is 2. The summed E-state index contributed by atoms with van der Waals surface area (Å²) in [6, 6.07) is 7.48. The Hall–Kier alpha value is -0.660. The summed E-state index contributed by atoms with van der Waals surface area (Å²) < 4.78 is 11.3. The lowest BCUT2D eigenvalue weighted by Gasteiger charge is -2.39. The van der Waals surface area contributed by atoms with Crippen molar-refractivity contribution in [1.82, 2.24) is 4.90 Å². The maximum Gasteiger partial charge on any atom is 0.182 e. The van der Waals surface area contributed by atoms with Gasteiger partial charge in [-0.15, -0.1) is 0 Å². The van der Waals surface area contributed by atoms with Gasteiger partial charge in [0.1, 0.15) is 9.86 Å². The van der Waals surface area contributed by atoms with Crippen molar-refractivity contribution in [3.8, 4) is 5.75 Å². The van der Waals surface area contributed by atoms with Gasteiger partial charge in [0.25, 0.3) is 0 Å². The van der Waals surface area contributed by atoms with E-state index in [1.165, 1.54) is 0 Å². The number of rotatable bonds is 6. The van der Waals surface area contributed by atoms with E-state index in [9.17, 15) is 4.79 Å². The molecule has 0 aromatic heterocycles. The van der Waals surface area contributed by atoms with E-state index in [1.807, 2.05) is 38.1 Å². The van der Waals surface area contributed by atoms with Gasteiger partial charge in [-0.3, -0.25) is 9.69 Å². The molecule has 1 unspecified atom stereocenters. The first kappa shape index (κ1) is 17.7. The molecule has 0 spiro atoms. The van der Waals surface area contributed by atoms with Crippen molar-refractivity contribution in [3.63, 3.8) is 0 Å². The van der Waals surface area contributed by atoms with Gasteiger partial charge in [0, 0.05) is 18.7 Å². The molecule has 1 aliphatic heterocycles. The van der Waals surface area contributed by atoms with Crippen LogP contribution in [0.4, 0.5) is 0 Å². The highest BCUT2D eigenvalue weighted by atomic mass is 127. The second-order valence-electron chi connectivity index (χ2n) is 5.95. The van der Waals surface area contributed by atoms with E-state index in [0.717, 1.165) is 30.8 Å². The monoisotopic (exact) mass is 417 g/mol. The van der Waals surface area contributed by atoms with E-state index in [4.69, 9.17) is 9.47 Å². The van der Waals surface area contributed by atoms with Crippen LogP contribution in [0.1, 0.15) is 37.6 Å². The first-order valence-electron chi connectivity index (χ1n) is 7.73. The van der Waals surface area contributed by atoms with Crippen LogP contribution in [-0.4, -0.2) is 46.6 Å². The SMILES string of the molecule is CCC(I)Oc1ccc(C(=O)C(C)(C)N2CCOCC2)cc1. The van der Waals surface area contributed by atoms with Gasteiger partial charge in [-0.1, -0.05) is 6.92 Å². The molecule has 1 atom stereocenters. The summed E-state index contributed by atoms with van der Waals surface area (Å²) in [5, 5.41) is 0. The minimum Gasteiger partial charge on any atom is -0.480 e. The third kappa shape index (κ3) is 4.20. The summed E-state index contributed by atoms with van der Waals surface area (Å²) >= 11 is 2.27. The lowest BCUT2D eigenvalue weighted by Crippen LogP contribution is -2.54. The Morgan fingerprint density at radius 3 is 2.45 bits per heavy atom. The molecule has 0 amide bonds. The first-order valence-corrected chi connectivity index (χ1v) is 8.98. The molecule has 0 radical (unpaired) electrons. The number of nitrogens with zero attached hydrogens (tertiary/aromatic N) is 1. The van der Waals surface area contributed by atoms with Gasteiger partial charge in [0.05, 0.1) is 18.8 Å². The second-order valence-corrected chi connectivity index (χ2v) is 7.34. The second kappa shape index (κ2) is 7.75. The van der Waals surface area contributed by atoms with Crippen LogP contribution in [0.5, 0.6) is 5.75 Å². The zero-order valence-corrected chi connectivity index (χ0v) is 15.6. The third-order valence-corrected chi connectivity index (χ3v) is 5.19. The molecule has 1 aromatic carbocycles. The van der Waals surface area contributed by atoms with E-state index in [2.05, 4.69) is 34.4 Å². The van der Waals surface area contributed by atoms with Gasteiger partial charge in [0.15, 0.2) is 5.78 Å². The number of halogens is 1. The lowest BCUT2D eigenvalue weighted by molar-refractivity contribution is -0.00429. The van der Waals surface area contributed by atoms with Crippen LogP contribution < -0.4 is 4.74 Å². The highest BCUT2D eigenvalue weighted by molar-refractivity contribution is 14.1. The van der Waals surface area contributed by atoms with Crippen LogP contribution in [-0.2, 0) is 4.74 Å². The summed E-state index contributed by atoms with van der Waals surface area (Å²) in [6.45, 7) is 9.04. The van der Waals surface area contributed by atoms with Gasteiger partial charge < -0.3 is 9.47 Å². The molecule has 1 aromatic rings. The number of carbonyl (C=O) groups is 1. The Balaban J connectivity index is 2.08. The van der Waals surface area contributed by atoms with Gasteiger partial charge in [-0.05, 0) is 67.1 Å². The molecule has 0 bridgehead atoms.